The molecule has 4 rings (SSSR count). The lowest BCUT2D eigenvalue weighted by Gasteiger charge is -2.57. The summed E-state index contributed by atoms with van der Waals surface area (Å²) in [6, 6.07) is 1.19. The minimum Gasteiger partial charge on any atom is -0.504 e. The van der Waals surface area contributed by atoms with Gasteiger partial charge in [0.15, 0.2) is 11.5 Å². The fourth-order valence-corrected chi connectivity index (χ4v) is 6.31. The first-order chi connectivity index (χ1) is 13.9. The lowest BCUT2D eigenvalue weighted by molar-refractivity contribution is -0.0572. The van der Waals surface area contributed by atoms with Crippen LogP contribution in [0, 0.1) is 29.6 Å². The fourth-order valence-electron chi connectivity index (χ4n) is 6.31. The maximum absolute atomic E-state index is 12.8. The van der Waals surface area contributed by atoms with Crippen molar-refractivity contribution in [1.82, 2.24) is 0 Å². The summed E-state index contributed by atoms with van der Waals surface area (Å²) in [4.78, 5) is 12.8. The van der Waals surface area contributed by atoms with Crippen LogP contribution >= 0.6 is 0 Å². The van der Waals surface area contributed by atoms with Gasteiger partial charge >= 0.3 is 5.97 Å². The third-order valence-electron chi connectivity index (χ3n) is 7.63. The first-order valence-corrected chi connectivity index (χ1v) is 10.4. The van der Waals surface area contributed by atoms with Crippen LogP contribution < -0.4 is 0 Å². The van der Waals surface area contributed by atoms with Gasteiger partial charge in [0.1, 0.15) is 11.7 Å². The van der Waals surface area contributed by atoms with Gasteiger partial charge in [0, 0.05) is 0 Å². The van der Waals surface area contributed by atoms with E-state index in [0.29, 0.717) is 12.0 Å². The number of fused-ring (bicyclic) bond motifs is 3. The van der Waals surface area contributed by atoms with Crippen LogP contribution in [0.15, 0.2) is 17.2 Å². The molecule has 3 aliphatic carbocycles. The molecule has 7 heteroatoms. The normalized spacial score (nSPS) is 34.2. The van der Waals surface area contributed by atoms with Gasteiger partial charge in [0.2, 0.25) is 5.75 Å². The number of aliphatic hydroxyl groups is 2. The lowest BCUT2D eigenvalue weighted by Crippen LogP contribution is -2.56. The number of carbonyl (C=O) groups is 1. The molecule has 0 heterocycles. The van der Waals surface area contributed by atoms with Crippen LogP contribution in [-0.4, -0.2) is 50.3 Å². The van der Waals surface area contributed by atoms with Crippen molar-refractivity contribution >= 4 is 5.97 Å². The van der Waals surface area contributed by atoms with Crippen molar-refractivity contribution < 1.29 is 35.1 Å². The molecule has 164 valence electrons. The predicted octanol–water partition coefficient (Wildman–Crippen LogP) is 2.76. The monoisotopic (exact) mass is 418 g/mol. The Kier molecular flexibility index (Phi) is 4.64. The van der Waals surface area contributed by atoms with Gasteiger partial charge in [-0.05, 0) is 71.6 Å². The van der Waals surface area contributed by atoms with Crippen LogP contribution in [-0.2, 0) is 4.74 Å². The standard InChI is InChI=1S/C23H30O7/c1-10-5-14(25)19(27)20(28)16(10)21(29)30-15-8-23(4)13-7-22(2,3)6-11(13)18(26)12(9-24)17(15)23/h5,11,13,15,18,24-28H,6-9H2,1-4H3/t11-,13+,15-,18+,23-/m1/s1. The molecule has 7 nitrogen and oxygen atoms in total. The molecule has 0 aliphatic heterocycles. The van der Waals surface area contributed by atoms with E-state index in [-0.39, 0.29) is 40.4 Å². The molecule has 0 aromatic heterocycles. The molecule has 0 amide bonds. The molecule has 0 saturated heterocycles. The zero-order chi connectivity index (χ0) is 22.2. The number of rotatable bonds is 3. The number of aromatic hydroxyl groups is 3. The van der Waals surface area contributed by atoms with E-state index < -0.39 is 35.4 Å². The van der Waals surface area contributed by atoms with Gasteiger partial charge in [0.05, 0.1) is 12.7 Å². The van der Waals surface area contributed by atoms with E-state index in [0.717, 1.165) is 18.4 Å². The summed E-state index contributed by atoms with van der Waals surface area (Å²) in [5, 5.41) is 50.5. The maximum atomic E-state index is 12.8. The highest BCUT2D eigenvalue weighted by Crippen LogP contribution is 2.66. The van der Waals surface area contributed by atoms with Crippen LogP contribution in [0.3, 0.4) is 0 Å². The average molecular weight is 418 g/mol. The topological polar surface area (TPSA) is 127 Å². The van der Waals surface area contributed by atoms with Crippen molar-refractivity contribution in [3.05, 3.63) is 28.3 Å². The van der Waals surface area contributed by atoms with Crippen LogP contribution in [0.5, 0.6) is 17.2 Å². The Morgan fingerprint density at radius 2 is 1.80 bits per heavy atom. The number of esters is 1. The van der Waals surface area contributed by atoms with E-state index >= 15 is 0 Å². The molecule has 0 unspecified atom stereocenters. The zero-order valence-corrected chi connectivity index (χ0v) is 17.8. The van der Waals surface area contributed by atoms with Crippen molar-refractivity contribution in [1.29, 1.82) is 0 Å². The van der Waals surface area contributed by atoms with Crippen molar-refractivity contribution in [2.45, 2.75) is 59.2 Å². The Morgan fingerprint density at radius 1 is 1.13 bits per heavy atom. The van der Waals surface area contributed by atoms with Gasteiger partial charge in [-0.2, -0.15) is 0 Å². The number of benzene rings is 1. The number of phenolic OH excluding ortho intramolecular Hbond substituents is 3. The Balaban J connectivity index is 1.66. The van der Waals surface area contributed by atoms with E-state index in [1.165, 1.54) is 13.0 Å². The Bertz CT molecular complexity index is 947. The van der Waals surface area contributed by atoms with E-state index in [1.54, 1.807) is 0 Å². The second kappa shape index (κ2) is 6.62. The first kappa shape index (κ1) is 21.0. The van der Waals surface area contributed by atoms with Crippen molar-refractivity contribution in [3.8, 4) is 17.2 Å². The zero-order valence-electron chi connectivity index (χ0n) is 17.8. The van der Waals surface area contributed by atoms with Gasteiger partial charge in [-0.15, -0.1) is 0 Å². The van der Waals surface area contributed by atoms with Crippen LogP contribution in [0.25, 0.3) is 0 Å². The fraction of sp³-hybridized carbons (Fsp3) is 0.609. The largest absolute Gasteiger partial charge is 0.504 e. The smallest absolute Gasteiger partial charge is 0.342 e. The highest BCUT2D eigenvalue weighted by atomic mass is 16.5. The van der Waals surface area contributed by atoms with Crippen molar-refractivity contribution in [2.75, 3.05) is 6.61 Å². The summed E-state index contributed by atoms with van der Waals surface area (Å²) >= 11 is 0. The minimum atomic E-state index is -0.819. The average Bonchev–Trinajstić information content (AvgIpc) is 2.98. The van der Waals surface area contributed by atoms with Crippen LogP contribution in [0.1, 0.15) is 56.0 Å². The molecule has 30 heavy (non-hydrogen) atoms. The van der Waals surface area contributed by atoms with Gasteiger partial charge in [0.25, 0.3) is 0 Å². The number of carbonyl (C=O) groups excluding carboxylic acids is 1. The van der Waals surface area contributed by atoms with Crippen molar-refractivity contribution in [3.63, 3.8) is 0 Å². The van der Waals surface area contributed by atoms with Crippen LogP contribution in [0.2, 0.25) is 0 Å². The van der Waals surface area contributed by atoms with E-state index in [2.05, 4.69) is 20.8 Å². The third-order valence-corrected chi connectivity index (χ3v) is 7.63. The molecular formula is C23H30O7. The number of ether oxygens (including phenoxy) is 1. The minimum absolute atomic E-state index is 0.0767. The summed E-state index contributed by atoms with van der Waals surface area (Å²) in [6.07, 6.45) is 1.04. The molecule has 2 saturated carbocycles. The number of phenols is 3. The molecule has 3 aliphatic rings. The Morgan fingerprint density at radius 3 is 2.43 bits per heavy atom. The first-order valence-electron chi connectivity index (χ1n) is 10.4. The highest BCUT2D eigenvalue weighted by Gasteiger charge is 2.63. The van der Waals surface area contributed by atoms with Gasteiger partial charge in [-0.3, -0.25) is 0 Å². The lowest BCUT2D eigenvalue weighted by atomic mass is 9.49. The van der Waals surface area contributed by atoms with Crippen molar-refractivity contribution in [2.24, 2.45) is 22.7 Å². The van der Waals surface area contributed by atoms with E-state index in [9.17, 15) is 30.3 Å². The quantitative estimate of drug-likeness (QED) is 0.290. The summed E-state index contributed by atoms with van der Waals surface area (Å²) in [6.45, 7) is 7.72. The van der Waals surface area contributed by atoms with Gasteiger partial charge in [-0.25, -0.2) is 4.79 Å². The molecular weight excluding hydrogens is 388 g/mol. The molecule has 0 radical (unpaired) electrons. The molecule has 0 spiro atoms. The number of aliphatic hydroxyl groups excluding tert-OH is 2. The Hall–Kier alpha value is -2.25. The SMILES string of the molecule is Cc1cc(O)c(O)c(O)c1C(=O)O[C@@H]1C[C@@]2(C)C1=C(CO)[C@@H](O)[C@@H]1CC(C)(C)C[C@@H]12. The number of hydrogen-bond acceptors (Lipinski definition) is 7. The predicted molar refractivity (Wildman–Crippen MR) is 108 cm³/mol. The highest BCUT2D eigenvalue weighted by molar-refractivity contribution is 5.96. The summed E-state index contributed by atoms with van der Waals surface area (Å²) < 4.78 is 5.67. The summed E-state index contributed by atoms with van der Waals surface area (Å²) in [7, 11) is 0. The molecule has 5 atom stereocenters. The van der Waals surface area contributed by atoms with Crippen LogP contribution in [0.4, 0.5) is 0 Å². The molecule has 1 aromatic carbocycles. The molecule has 0 bridgehead atoms. The third kappa shape index (κ3) is 2.82. The second-order valence-electron chi connectivity index (χ2n) is 10.2. The number of hydrogen-bond donors (Lipinski definition) is 5. The number of aryl methyl sites for hydroxylation is 1. The van der Waals surface area contributed by atoms with E-state index in [4.69, 9.17) is 4.74 Å². The Labute approximate surface area is 175 Å². The van der Waals surface area contributed by atoms with E-state index in [1.807, 2.05) is 0 Å². The second-order valence-corrected chi connectivity index (χ2v) is 10.2. The maximum Gasteiger partial charge on any atom is 0.342 e. The molecule has 5 N–H and O–H groups in total. The van der Waals surface area contributed by atoms with Gasteiger partial charge in [-0.1, -0.05) is 20.8 Å². The summed E-state index contributed by atoms with van der Waals surface area (Å²) in [5.41, 5.74) is 1.23. The summed E-state index contributed by atoms with van der Waals surface area (Å²) in [5.74, 6) is -2.51. The van der Waals surface area contributed by atoms with Gasteiger partial charge < -0.3 is 30.3 Å². The molecule has 2 fully saturated rings. The molecule has 1 aromatic rings.